The number of nitriles is 1. The van der Waals surface area contributed by atoms with Crippen LogP contribution in [0.5, 0.6) is 0 Å². The first-order valence-electron chi connectivity index (χ1n) is 7.70. The van der Waals surface area contributed by atoms with E-state index >= 15 is 0 Å². The van der Waals surface area contributed by atoms with E-state index in [0.29, 0.717) is 0 Å². The highest BCUT2D eigenvalue weighted by atomic mass is 32.1. The average molecular weight is 291 g/mol. The van der Waals surface area contributed by atoms with Crippen molar-refractivity contribution in [1.82, 2.24) is 9.80 Å². The van der Waals surface area contributed by atoms with Crippen molar-refractivity contribution in [2.75, 3.05) is 26.2 Å². The molecule has 2 heterocycles. The second kappa shape index (κ2) is 7.78. The summed E-state index contributed by atoms with van der Waals surface area (Å²) in [7, 11) is 0. The average Bonchev–Trinajstić information content (AvgIpc) is 2.93. The Labute approximate surface area is 126 Å². The third-order valence-corrected chi connectivity index (χ3v) is 5.22. The van der Waals surface area contributed by atoms with Crippen LogP contribution in [0.4, 0.5) is 0 Å². The van der Waals surface area contributed by atoms with E-state index in [-0.39, 0.29) is 6.04 Å². The summed E-state index contributed by atoms with van der Waals surface area (Å²) in [5.41, 5.74) is 0. The van der Waals surface area contributed by atoms with Gasteiger partial charge in [-0.2, -0.15) is 5.26 Å². The Balaban J connectivity index is 1.80. The largest absolute Gasteiger partial charge is 0.296 e. The van der Waals surface area contributed by atoms with Gasteiger partial charge in [-0.05, 0) is 25.0 Å². The SMILES string of the molecule is CCCC(C#N)N1CCN(Cc2ccc(CC)s2)CC1. The van der Waals surface area contributed by atoms with Crippen molar-refractivity contribution in [2.45, 2.75) is 45.7 Å². The van der Waals surface area contributed by atoms with Gasteiger partial charge in [0.15, 0.2) is 0 Å². The molecule has 0 N–H and O–H groups in total. The van der Waals surface area contributed by atoms with Crippen LogP contribution in [-0.2, 0) is 13.0 Å². The molecule has 1 aromatic heterocycles. The normalized spacial score (nSPS) is 18.9. The van der Waals surface area contributed by atoms with E-state index in [1.54, 1.807) is 0 Å². The molecule has 20 heavy (non-hydrogen) atoms. The molecule has 110 valence electrons. The second-order valence-electron chi connectivity index (χ2n) is 5.47. The van der Waals surface area contributed by atoms with Crippen LogP contribution in [0, 0.1) is 11.3 Å². The number of thiophene rings is 1. The molecular formula is C16H25N3S. The lowest BCUT2D eigenvalue weighted by molar-refractivity contribution is 0.107. The molecule has 2 rings (SSSR count). The van der Waals surface area contributed by atoms with E-state index in [4.69, 9.17) is 0 Å². The molecule has 0 amide bonds. The molecule has 0 bridgehead atoms. The molecule has 0 aromatic carbocycles. The maximum atomic E-state index is 9.24. The van der Waals surface area contributed by atoms with Crippen molar-refractivity contribution in [2.24, 2.45) is 0 Å². The highest BCUT2D eigenvalue weighted by molar-refractivity contribution is 7.11. The molecule has 1 unspecified atom stereocenters. The first-order chi connectivity index (χ1) is 9.76. The standard InChI is InChI=1S/C16H25N3S/c1-3-5-14(12-17)19-10-8-18(9-11-19)13-16-7-6-15(4-2)20-16/h6-7,14H,3-5,8-11,13H2,1-2H3. The van der Waals surface area contributed by atoms with Gasteiger partial charge in [-0.15, -0.1) is 11.3 Å². The van der Waals surface area contributed by atoms with Gasteiger partial charge >= 0.3 is 0 Å². The molecule has 0 spiro atoms. The van der Waals surface area contributed by atoms with Crippen molar-refractivity contribution < 1.29 is 0 Å². The van der Waals surface area contributed by atoms with Gasteiger partial charge in [0.25, 0.3) is 0 Å². The minimum absolute atomic E-state index is 0.121. The van der Waals surface area contributed by atoms with E-state index in [1.807, 2.05) is 11.3 Å². The predicted octanol–water partition coefficient (Wildman–Crippen LogP) is 3.12. The van der Waals surface area contributed by atoms with Crippen LogP contribution in [0.15, 0.2) is 12.1 Å². The Morgan fingerprint density at radius 2 is 1.90 bits per heavy atom. The van der Waals surface area contributed by atoms with Crippen molar-refractivity contribution in [1.29, 1.82) is 5.26 Å². The minimum atomic E-state index is 0.121. The van der Waals surface area contributed by atoms with E-state index < -0.39 is 0 Å². The van der Waals surface area contributed by atoms with Crippen molar-refractivity contribution in [3.05, 3.63) is 21.9 Å². The molecule has 1 atom stereocenters. The van der Waals surface area contributed by atoms with Crippen LogP contribution in [0.2, 0.25) is 0 Å². The highest BCUT2D eigenvalue weighted by Crippen LogP contribution is 2.20. The fraction of sp³-hybridized carbons (Fsp3) is 0.688. The zero-order valence-electron chi connectivity index (χ0n) is 12.6. The number of hydrogen-bond donors (Lipinski definition) is 0. The Morgan fingerprint density at radius 1 is 1.20 bits per heavy atom. The van der Waals surface area contributed by atoms with Gasteiger partial charge in [-0.3, -0.25) is 9.80 Å². The highest BCUT2D eigenvalue weighted by Gasteiger charge is 2.23. The van der Waals surface area contributed by atoms with E-state index in [9.17, 15) is 5.26 Å². The number of hydrogen-bond acceptors (Lipinski definition) is 4. The third kappa shape index (κ3) is 4.05. The lowest BCUT2D eigenvalue weighted by Crippen LogP contribution is -2.49. The molecule has 3 nitrogen and oxygen atoms in total. The number of aryl methyl sites for hydroxylation is 1. The van der Waals surface area contributed by atoms with Gasteiger partial charge < -0.3 is 0 Å². The first-order valence-corrected chi connectivity index (χ1v) is 8.52. The molecule has 1 aliphatic heterocycles. The van der Waals surface area contributed by atoms with Crippen LogP contribution in [0.25, 0.3) is 0 Å². The van der Waals surface area contributed by atoms with Gasteiger partial charge in [0.2, 0.25) is 0 Å². The number of rotatable bonds is 6. The lowest BCUT2D eigenvalue weighted by Gasteiger charge is -2.36. The monoisotopic (exact) mass is 291 g/mol. The van der Waals surface area contributed by atoms with Crippen LogP contribution in [0.1, 0.15) is 36.4 Å². The Morgan fingerprint density at radius 3 is 2.45 bits per heavy atom. The summed E-state index contributed by atoms with van der Waals surface area (Å²) in [4.78, 5) is 7.82. The fourth-order valence-corrected chi connectivity index (χ4v) is 3.75. The summed E-state index contributed by atoms with van der Waals surface area (Å²) >= 11 is 1.94. The zero-order chi connectivity index (χ0) is 14.4. The molecule has 1 saturated heterocycles. The lowest BCUT2D eigenvalue weighted by atomic mass is 10.1. The molecule has 0 radical (unpaired) electrons. The summed E-state index contributed by atoms with van der Waals surface area (Å²) in [5.74, 6) is 0. The van der Waals surface area contributed by atoms with Gasteiger partial charge in [0.05, 0.1) is 12.1 Å². The third-order valence-electron chi connectivity index (χ3n) is 4.00. The summed E-state index contributed by atoms with van der Waals surface area (Å²) in [6.45, 7) is 9.67. The van der Waals surface area contributed by atoms with Crippen LogP contribution in [0.3, 0.4) is 0 Å². The predicted molar refractivity (Wildman–Crippen MR) is 84.9 cm³/mol. The van der Waals surface area contributed by atoms with Crippen molar-refractivity contribution >= 4 is 11.3 Å². The summed E-state index contributed by atoms with van der Waals surface area (Å²) in [6.07, 6.45) is 3.23. The van der Waals surface area contributed by atoms with Crippen molar-refractivity contribution in [3.8, 4) is 6.07 Å². The Kier molecular flexibility index (Phi) is 6.03. The van der Waals surface area contributed by atoms with Gasteiger partial charge in [-0.25, -0.2) is 0 Å². The van der Waals surface area contributed by atoms with Gasteiger partial charge in [0, 0.05) is 42.5 Å². The van der Waals surface area contributed by atoms with E-state index in [2.05, 4.69) is 41.8 Å². The van der Waals surface area contributed by atoms with Gasteiger partial charge in [-0.1, -0.05) is 20.3 Å². The number of piperazine rings is 1. The molecule has 0 saturated carbocycles. The first kappa shape index (κ1) is 15.5. The Bertz CT molecular complexity index is 441. The summed E-state index contributed by atoms with van der Waals surface area (Å²) in [6, 6.07) is 7.10. The van der Waals surface area contributed by atoms with E-state index in [0.717, 1.165) is 52.0 Å². The number of nitrogens with zero attached hydrogens (tertiary/aromatic N) is 3. The molecular weight excluding hydrogens is 266 g/mol. The maximum absolute atomic E-state index is 9.24. The molecule has 1 aromatic rings. The van der Waals surface area contributed by atoms with Gasteiger partial charge in [0.1, 0.15) is 0 Å². The van der Waals surface area contributed by atoms with Crippen LogP contribution >= 0.6 is 11.3 Å². The molecule has 1 aliphatic rings. The minimum Gasteiger partial charge on any atom is -0.296 e. The van der Waals surface area contributed by atoms with E-state index in [1.165, 1.54) is 9.75 Å². The van der Waals surface area contributed by atoms with Crippen LogP contribution in [-0.4, -0.2) is 42.0 Å². The summed E-state index contributed by atoms with van der Waals surface area (Å²) in [5, 5.41) is 9.24. The smallest absolute Gasteiger partial charge is 0.0978 e. The second-order valence-corrected chi connectivity index (χ2v) is 6.72. The maximum Gasteiger partial charge on any atom is 0.0978 e. The Hall–Kier alpha value is -0.890. The molecule has 1 fully saturated rings. The fourth-order valence-electron chi connectivity index (χ4n) is 2.75. The van der Waals surface area contributed by atoms with Crippen LogP contribution < -0.4 is 0 Å². The quantitative estimate of drug-likeness (QED) is 0.806. The summed E-state index contributed by atoms with van der Waals surface area (Å²) < 4.78 is 0. The molecule has 4 heteroatoms. The topological polar surface area (TPSA) is 30.3 Å². The molecule has 0 aliphatic carbocycles. The van der Waals surface area contributed by atoms with Crippen molar-refractivity contribution in [3.63, 3.8) is 0 Å². The zero-order valence-corrected chi connectivity index (χ0v) is 13.5.